The summed E-state index contributed by atoms with van der Waals surface area (Å²) in [5.74, 6) is 0. The van der Waals surface area contributed by atoms with Crippen molar-refractivity contribution in [2.24, 2.45) is 0 Å². The molecule has 3 heteroatoms. The first kappa shape index (κ1) is 14.8. The Bertz CT molecular complexity index is 374. The first-order valence-electron chi connectivity index (χ1n) is 6.06. The summed E-state index contributed by atoms with van der Waals surface area (Å²) in [6.45, 7) is 9.72. The lowest BCUT2D eigenvalue weighted by Gasteiger charge is -2.30. The van der Waals surface area contributed by atoms with Gasteiger partial charge in [-0.25, -0.2) is 0 Å². The molecule has 1 N–H and O–H groups in total. The van der Waals surface area contributed by atoms with E-state index in [1.807, 2.05) is 12.1 Å². The maximum absolute atomic E-state index is 6.29. The molecule has 1 nitrogen and oxygen atoms in total. The largest absolute Gasteiger partial charge is 0.315 e. The first-order chi connectivity index (χ1) is 7.88. The zero-order valence-corrected chi connectivity index (χ0v) is 12.5. The van der Waals surface area contributed by atoms with Crippen molar-refractivity contribution in [1.29, 1.82) is 0 Å². The average molecular weight is 274 g/mol. The molecule has 1 unspecified atom stereocenters. The summed E-state index contributed by atoms with van der Waals surface area (Å²) in [6.07, 6.45) is 1.03. The molecule has 0 radical (unpaired) electrons. The van der Waals surface area contributed by atoms with Crippen molar-refractivity contribution in [3.05, 3.63) is 33.8 Å². The first-order valence-corrected chi connectivity index (χ1v) is 6.82. The molecule has 1 rings (SSSR count). The molecule has 1 atom stereocenters. The molecule has 0 aromatic heterocycles. The van der Waals surface area contributed by atoms with E-state index < -0.39 is 0 Å². The normalized spacial score (nSPS) is 13.8. The fourth-order valence-corrected chi connectivity index (χ4v) is 2.88. The van der Waals surface area contributed by atoms with Gasteiger partial charge in [-0.3, -0.25) is 0 Å². The monoisotopic (exact) mass is 273 g/mol. The second-order valence-corrected chi connectivity index (χ2v) is 5.93. The van der Waals surface area contributed by atoms with Crippen molar-refractivity contribution >= 4 is 23.2 Å². The van der Waals surface area contributed by atoms with E-state index in [0.29, 0.717) is 16.1 Å². The molecule has 0 saturated carbocycles. The van der Waals surface area contributed by atoms with E-state index in [9.17, 15) is 0 Å². The van der Waals surface area contributed by atoms with Gasteiger partial charge in [0.15, 0.2) is 0 Å². The quantitative estimate of drug-likeness (QED) is 0.823. The highest BCUT2D eigenvalue weighted by Gasteiger charge is 2.26. The molecule has 0 heterocycles. The van der Waals surface area contributed by atoms with Crippen LogP contribution < -0.4 is 5.32 Å². The molecule has 0 aliphatic rings. The number of rotatable bonds is 5. The van der Waals surface area contributed by atoms with Crippen molar-refractivity contribution in [3.8, 4) is 0 Å². The van der Waals surface area contributed by atoms with E-state index in [4.69, 9.17) is 23.2 Å². The minimum Gasteiger partial charge on any atom is -0.315 e. The van der Waals surface area contributed by atoms with Gasteiger partial charge in [-0.15, -0.1) is 0 Å². The molecule has 0 saturated heterocycles. The van der Waals surface area contributed by atoms with E-state index in [0.717, 1.165) is 18.5 Å². The number of benzene rings is 1. The molecule has 1 aromatic rings. The summed E-state index contributed by atoms with van der Waals surface area (Å²) in [6, 6.07) is 6.32. The lowest BCUT2D eigenvalue weighted by atomic mass is 9.79. The predicted octanol–water partition coefficient (Wildman–Crippen LogP) is 4.66. The van der Waals surface area contributed by atoms with Crippen molar-refractivity contribution < 1.29 is 0 Å². The highest BCUT2D eigenvalue weighted by molar-refractivity contribution is 6.42. The van der Waals surface area contributed by atoms with Crippen molar-refractivity contribution in [1.82, 2.24) is 5.32 Å². The van der Waals surface area contributed by atoms with E-state index in [1.54, 1.807) is 0 Å². The Balaban J connectivity index is 2.92. The van der Waals surface area contributed by atoms with Crippen molar-refractivity contribution in [2.45, 2.75) is 45.6 Å². The van der Waals surface area contributed by atoms with Gasteiger partial charge in [-0.1, -0.05) is 56.1 Å². The fraction of sp³-hybridized carbons (Fsp3) is 0.571. The number of hydrogen-bond donors (Lipinski definition) is 1. The second-order valence-electron chi connectivity index (χ2n) is 5.15. The fourth-order valence-electron chi connectivity index (χ4n) is 2.32. The van der Waals surface area contributed by atoms with Crippen LogP contribution >= 0.6 is 23.2 Å². The molecular formula is C14H21Cl2N. The number of hydrogen-bond acceptors (Lipinski definition) is 1. The van der Waals surface area contributed by atoms with Crippen LogP contribution in [0.4, 0.5) is 0 Å². The third-order valence-electron chi connectivity index (χ3n) is 3.05. The Morgan fingerprint density at radius 1 is 1.29 bits per heavy atom. The van der Waals surface area contributed by atoms with Gasteiger partial charge < -0.3 is 5.32 Å². The van der Waals surface area contributed by atoms with Crippen LogP contribution in [0.25, 0.3) is 0 Å². The summed E-state index contributed by atoms with van der Waals surface area (Å²) >= 11 is 12.4. The molecule has 17 heavy (non-hydrogen) atoms. The molecule has 0 aliphatic heterocycles. The van der Waals surface area contributed by atoms with Gasteiger partial charge in [0.25, 0.3) is 0 Å². The van der Waals surface area contributed by atoms with Gasteiger partial charge in [0.2, 0.25) is 0 Å². The van der Waals surface area contributed by atoms with Gasteiger partial charge in [0.05, 0.1) is 10.0 Å². The number of nitrogens with one attached hydrogen (secondary N) is 1. The van der Waals surface area contributed by atoms with Crippen LogP contribution in [0.15, 0.2) is 18.2 Å². The standard InChI is InChI=1S/C14H21Cl2N/c1-5-17-10(2)9-14(3,4)11-7-6-8-12(15)13(11)16/h6-8,10,17H,5,9H2,1-4H3. The van der Waals surface area contributed by atoms with Crippen LogP contribution in [-0.2, 0) is 5.41 Å². The lowest BCUT2D eigenvalue weighted by Crippen LogP contribution is -2.33. The van der Waals surface area contributed by atoms with Gasteiger partial charge in [0, 0.05) is 6.04 Å². The molecule has 0 spiro atoms. The lowest BCUT2D eigenvalue weighted by molar-refractivity contribution is 0.394. The summed E-state index contributed by atoms with van der Waals surface area (Å²) in [4.78, 5) is 0. The third-order valence-corrected chi connectivity index (χ3v) is 3.87. The predicted molar refractivity (Wildman–Crippen MR) is 77.2 cm³/mol. The Kier molecular flexibility index (Phi) is 5.30. The Morgan fingerprint density at radius 3 is 2.53 bits per heavy atom. The van der Waals surface area contributed by atoms with Gasteiger partial charge >= 0.3 is 0 Å². The zero-order chi connectivity index (χ0) is 13.1. The SMILES string of the molecule is CCNC(C)CC(C)(C)c1cccc(Cl)c1Cl. The minimum absolute atomic E-state index is 0.0174. The highest BCUT2D eigenvalue weighted by Crippen LogP contribution is 2.37. The van der Waals surface area contributed by atoms with Crippen LogP contribution in [0.2, 0.25) is 10.0 Å². The summed E-state index contributed by atoms with van der Waals surface area (Å²) in [7, 11) is 0. The maximum Gasteiger partial charge on any atom is 0.0629 e. The van der Waals surface area contributed by atoms with E-state index in [1.165, 1.54) is 0 Å². The summed E-state index contributed by atoms with van der Waals surface area (Å²) in [5, 5.41) is 4.75. The van der Waals surface area contributed by atoms with E-state index >= 15 is 0 Å². The van der Waals surface area contributed by atoms with Crippen LogP contribution in [0.1, 0.15) is 39.7 Å². The van der Waals surface area contributed by atoms with Gasteiger partial charge in [0.1, 0.15) is 0 Å². The Hall–Kier alpha value is -0.240. The van der Waals surface area contributed by atoms with Crippen LogP contribution in [0.3, 0.4) is 0 Å². The minimum atomic E-state index is 0.0174. The molecular weight excluding hydrogens is 253 g/mol. The summed E-state index contributed by atoms with van der Waals surface area (Å²) < 4.78 is 0. The van der Waals surface area contributed by atoms with Crippen molar-refractivity contribution in [2.75, 3.05) is 6.54 Å². The molecule has 96 valence electrons. The number of halogens is 2. The van der Waals surface area contributed by atoms with Gasteiger partial charge in [-0.2, -0.15) is 0 Å². The summed E-state index contributed by atoms with van der Waals surface area (Å²) in [5.41, 5.74) is 1.14. The van der Waals surface area contributed by atoms with Crippen LogP contribution in [-0.4, -0.2) is 12.6 Å². The smallest absolute Gasteiger partial charge is 0.0629 e. The zero-order valence-electron chi connectivity index (χ0n) is 11.0. The molecule has 1 aromatic carbocycles. The highest BCUT2D eigenvalue weighted by atomic mass is 35.5. The molecule has 0 amide bonds. The van der Waals surface area contributed by atoms with Gasteiger partial charge in [-0.05, 0) is 36.9 Å². The van der Waals surface area contributed by atoms with Crippen LogP contribution in [0.5, 0.6) is 0 Å². The van der Waals surface area contributed by atoms with Crippen molar-refractivity contribution in [3.63, 3.8) is 0 Å². The maximum atomic E-state index is 6.29. The molecule has 0 bridgehead atoms. The second kappa shape index (κ2) is 6.08. The van der Waals surface area contributed by atoms with E-state index in [2.05, 4.69) is 39.1 Å². The Morgan fingerprint density at radius 2 is 1.94 bits per heavy atom. The average Bonchev–Trinajstić information content (AvgIpc) is 2.21. The third kappa shape index (κ3) is 3.87. The Labute approximate surface area is 115 Å². The van der Waals surface area contributed by atoms with Crippen LogP contribution in [0, 0.1) is 0 Å². The molecule has 0 fully saturated rings. The molecule has 0 aliphatic carbocycles. The van der Waals surface area contributed by atoms with E-state index in [-0.39, 0.29) is 5.41 Å². The topological polar surface area (TPSA) is 12.0 Å².